The summed E-state index contributed by atoms with van der Waals surface area (Å²) in [6, 6.07) is 15.3. The van der Waals surface area contributed by atoms with Crippen LogP contribution in [0, 0.1) is 0 Å². The van der Waals surface area contributed by atoms with Crippen LogP contribution in [0.4, 0.5) is 11.4 Å². The molecule has 2 aromatic rings. The van der Waals surface area contributed by atoms with Crippen molar-refractivity contribution in [2.75, 3.05) is 10.6 Å². The van der Waals surface area contributed by atoms with Gasteiger partial charge in [-0.05, 0) is 35.7 Å². The van der Waals surface area contributed by atoms with E-state index >= 15 is 0 Å². The minimum Gasteiger partial charge on any atom is -0.326 e. The second-order valence-corrected chi connectivity index (χ2v) is 5.83. The van der Waals surface area contributed by atoms with E-state index in [-0.39, 0.29) is 18.2 Å². The molecule has 1 atom stereocenters. The van der Waals surface area contributed by atoms with E-state index in [0.717, 1.165) is 29.8 Å². The van der Waals surface area contributed by atoms with Gasteiger partial charge in [0.05, 0.1) is 5.92 Å². The van der Waals surface area contributed by atoms with Gasteiger partial charge in [-0.2, -0.15) is 0 Å². The Hall–Kier alpha value is -2.62. The summed E-state index contributed by atoms with van der Waals surface area (Å²) >= 11 is 0. The Balaban J connectivity index is 1.77. The summed E-state index contributed by atoms with van der Waals surface area (Å²) in [5.41, 5.74) is 3.61. The van der Waals surface area contributed by atoms with E-state index in [1.165, 1.54) is 5.56 Å². The largest absolute Gasteiger partial charge is 0.326 e. The number of anilines is 2. The van der Waals surface area contributed by atoms with Crippen molar-refractivity contribution in [1.82, 2.24) is 0 Å². The number of carbonyl (C=O) groups is 2. The molecule has 0 unspecified atom stereocenters. The highest BCUT2D eigenvalue weighted by atomic mass is 16.2. The quantitative estimate of drug-likeness (QED) is 0.904. The fourth-order valence-corrected chi connectivity index (χ4v) is 2.92. The second kappa shape index (κ2) is 6.65. The third-order valence-corrected chi connectivity index (χ3v) is 4.08. The number of fused-ring (bicyclic) bond motifs is 1. The molecule has 0 fully saturated rings. The highest BCUT2D eigenvalue weighted by molar-refractivity contribution is 6.05. The van der Waals surface area contributed by atoms with E-state index in [0.29, 0.717) is 0 Å². The van der Waals surface area contributed by atoms with Crippen molar-refractivity contribution < 1.29 is 9.59 Å². The lowest BCUT2D eigenvalue weighted by Gasteiger charge is -2.24. The molecule has 1 aliphatic rings. The van der Waals surface area contributed by atoms with Crippen LogP contribution in [0.3, 0.4) is 0 Å². The number of nitrogens with one attached hydrogen (secondary N) is 2. The molecule has 0 spiro atoms. The van der Waals surface area contributed by atoms with Crippen LogP contribution in [-0.4, -0.2) is 11.8 Å². The summed E-state index contributed by atoms with van der Waals surface area (Å²) in [5.74, 6) is -0.715. The van der Waals surface area contributed by atoms with Crippen LogP contribution in [-0.2, 0) is 16.0 Å². The van der Waals surface area contributed by atoms with Crippen molar-refractivity contribution in [3.63, 3.8) is 0 Å². The first-order valence-electron chi connectivity index (χ1n) is 7.96. The summed E-state index contributed by atoms with van der Waals surface area (Å²) in [6.07, 6.45) is 2.31. The lowest BCUT2D eigenvalue weighted by atomic mass is 9.90. The molecule has 1 heterocycles. The lowest BCUT2D eigenvalue weighted by molar-refractivity contribution is -0.123. The molecule has 4 heteroatoms. The third kappa shape index (κ3) is 3.42. The summed E-state index contributed by atoms with van der Waals surface area (Å²) in [7, 11) is 0. The normalized spacial score (nSPS) is 16.4. The maximum absolute atomic E-state index is 12.6. The van der Waals surface area contributed by atoms with Gasteiger partial charge in [-0.1, -0.05) is 43.7 Å². The van der Waals surface area contributed by atoms with Gasteiger partial charge in [0.15, 0.2) is 0 Å². The first-order chi connectivity index (χ1) is 11.2. The molecule has 0 saturated carbocycles. The summed E-state index contributed by atoms with van der Waals surface area (Å²) < 4.78 is 0. The Morgan fingerprint density at radius 1 is 1.17 bits per heavy atom. The molecule has 0 saturated heterocycles. The predicted octanol–water partition coefficient (Wildman–Crippen LogP) is 3.70. The van der Waals surface area contributed by atoms with Crippen LogP contribution in [0.25, 0.3) is 0 Å². The van der Waals surface area contributed by atoms with Gasteiger partial charge in [0.1, 0.15) is 0 Å². The van der Waals surface area contributed by atoms with Crippen LogP contribution in [0.1, 0.15) is 36.8 Å². The topological polar surface area (TPSA) is 58.2 Å². The first kappa shape index (κ1) is 15.3. The van der Waals surface area contributed by atoms with Gasteiger partial charge >= 0.3 is 0 Å². The highest BCUT2D eigenvalue weighted by Gasteiger charge is 2.30. The third-order valence-electron chi connectivity index (χ3n) is 4.08. The number of aryl methyl sites for hydroxylation is 1. The van der Waals surface area contributed by atoms with Gasteiger partial charge < -0.3 is 10.6 Å². The minimum absolute atomic E-state index is 0.123. The molecule has 23 heavy (non-hydrogen) atoms. The van der Waals surface area contributed by atoms with Crippen molar-refractivity contribution in [3.05, 3.63) is 59.7 Å². The standard InChI is InChI=1S/C19H20N2O2/c1-2-5-13-8-10-14(11-9-13)20-19(23)16-12-18(22)21-17-7-4-3-6-15(16)17/h3-4,6-11,16H,2,5,12H2,1H3,(H,20,23)(H,21,22)/t16-/m0/s1. The molecule has 2 aromatic carbocycles. The number of hydrogen-bond acceptors (Lipinski definition) is 2. The molecule has 4 nitrogen and oxygen atoms in total. The van der Waals surface area contributed by atoms with E-state index < -0.39 is 5.92 Å². The Morgan fingerprint density at radius 3 is 2.65 bits per heavy atom. The molecule has 0 aromatic heterocycles. The van der Waals surface area contributed by atoms with E-state index in [1.807, 2.05) is 48.5 Å². The van der Waals surface area contributed by atoms with Crippen molar-refractivity contribution in [2.24, 2.45) is 0 Å². The van der Waals surface area contributed by atoms with Gasteiger partial charge in [0.2, 0.25) is 11.8 Å². The number of benzene rings is 2. The number of para-hydroxylation sites is 1. The second-order valence-electron chi connectivity index (χ2n) is 5.83. The van der Waals surface area contributed by atoms with Gasteiger partial charge in [-0.15, -0.1) is 0 Å². The molecule has 0 radical (unpaired) electrons. The Bertz CT molecular complexity index is 722. The molecular formula is C19H20N2O2. The molecule has 1 aliphatic heterocycles. The maximum Gasteiger partial charge on any atom is 0.232 e. The zero-order valence-corrected chi connectivity index (χ0v) is 13.1. The molecule has 0 aliphatic carbocycles. The van der Waals surface area contributed by atoms with Gasteiger partial charge in [-0.25, -0.2) is 0 Å². The van der Waals surface area contributed by atoms with Crippen molar-refractivity contribution in [1.29, 1.82) is 0 Å². The van der Waals surface area contributed by atoms with E-state index in [2.05, 4.69) is 17.6 Å². The SMILES string of the molecule is CCCc1ccc(NC(=O)[C@H]2CC(=O)Nc3ccccc32)cc1. The fourth-order valence-electron chi connectivity index (χ4n) is 2.92. The average molecular weight is 308 g/mol. The summed E-state index contributed by atoms with van der Waals surface area (Å²) in [6.45, 7) is 2.14. The van der Waals surface area contributed by atoms with Gasteiger partial charge in [0.25, 0.3) is 0 Å². The van der Waals surface area contributed by atoms with E-state index in [1.54, 1.807) is 0 Å². The predicted molar refractivity (Wildman–Crippen MR) is 91.5 cm³/mol. The van der Waals surface area contributed by atoms with E-state index in [9.17, 15) is 9.59 Å². The average Bonchev–Trinajstić information content (AvgIpc) is 2.56. The molecule has 0 bridgehead atoms. The Kier molecular flexibility index (Phi) is 4.42. The molecule has 118 valence electrons. The number of amides is 2. The van der Waals surface area contributed by atoms with Crippen LogP contribution in [0.2, 0.25) is 0 Å². The summed E-state index contributed by atoms with van der Waals surface area (Å²) in [5, 5.41) is 5.73. The monoisotopic (exact) mass is 308 g/mol. The number of hydrogen-bond donors (Lipinski definition) is 2. The van der Waals surface area contributed by atoms with Crippen LogP contribution >= 0.6 is 0 Å². The number of rotatable bonds is 4. The highest BCUT2D eigenvalue weighted by Crippen LogP contribution is 2.32. The minimum atomic E-state index is -0.449. The van der Waals surface area contributed by atoms with Crippen LogP contribution in [0.15, 0.2) is 48.5 Å². The molecular weight excluding hydrogens is 288 g/mol. The Morgan fingerprint density at radius 2 is 1.91 bits per heavy atom. The lowest BCUT2D eigenvalue weighted by Crippen LogP contribution is -2.30. The summed E-state index contributed by atoms with van der Waals surface area (Å²) in [4.78, 5) is 24.4. The zero-order chi connectivity index (χ0) is 16.2. The smallest absolute Gasteiger partial charge is 0.232 e. The van der Waals surface area contributed by atoms with Gasteiger partial charge in [-0.3, -0.25) is 9.59 Å². The van der Waals surface area contributed by atoms with Crippen LogP contribution < -0.4 is 10.6 Å². The van der Waals surface area contributed by atoms with Gasteiger partial charge in [0, 0.05) is 17.8 Å². The van der Waals surface area contributed by atoms with Crippen molar-refractivity contribution in [3.8, 4) is 0 Å². The molecule has 2 amide bonds. The fraction of sp³-hybridized carbons (Fsp3) is 0.263. The van der Waals surface area contributed by atoms with Crippen molar-refractivity contribution >= 4 is 23.2 Å². The first-order valence-corrected chi connectivity index (χ1v) is 7.96. The number of carbonyl (C=O) groups excluding carboxylic acids is 2. The molecule has 2 N–H and O–H groups in total. The maximum atomic E-state index is 12.6. The Labute approximate surface area is 135 Å². The van der Waals surface area contributed by atoms with E-state index in [4.69, 9.17) is 0 Å². The van der Waals surface area contributed by atoms with Crippen molar-refractivity contribution in [2.45, 2.75) is 32.1 Å². The zero-order valence-electron chi connectivity index (χ0n) is 13.1. The van der Waals surface area contributed by atoms with Crippen LogP contribution in [0.5, 0.6) is 0 Å². The molecule has 3 rings (SSSR count).